The largest absolute Gasteiger partial charge is 0.383 e. The molecule has 1 aromatic rings. The third-order valence-electron chi connectivity index (χ3n) is 2.58. The van der Waals surface area contributed by atoms with Gasteiger partial charge in [-0.05, 0) is 25.1 Å². The lowest BCUT2D eigenvalue weighted by molar-refractivity contribution is 0.198. The van der Waals surface area contributed by atoms with Crippen LogP contribution in [0.2, 0.25) is 5.02 Å². The Kier molecular flexibility index (Phi) is 7.20. The molecule has 18 heavy (non-hydrogen) atoms. The maximum Gasteiger partial charge on any atom is 0.127 e. The average Bonchev–Trinajstić information content (AvgIpc) is 2.36. The standard InChI is InChI=1S/C13H20ClFN2O/c1-10(8-16-5-6-18-2)17-9-11-7-12(14)3-4-13(11)15/h3-4,7,10,16-17H,5-6,8-9H2,1-2H3. The minimum atomic E-state index is -0.230. The van der Waals surface area contributed by atoms with Crippen molar-refractivity contribution < 1.29 is 9.13 Å². The topological polar surface area (TPSA) is 33.3 Å². The van der Waals surface area contributed by atoms with Crippen molar-refractivity contribution in [3.8, 4) is 0 Å². The quantitative estimate of drug-likeness (QED) is 0.713. The molecule has 0 radical (unpaired) electrons. The fourth-order valence-electron chi connectivity index (χ4n) is 1.53. The van der Waals surface area contributed by atoms with Gasteiger partial charge in [0.15, 0.2) is 0 Å². The molecule has 1 atom stereocenters. The number of halogens is 2. The fourth-order valence-corrected chi connectivity index (χ4v) is 1.72. The maximum atomic E-state index is 13.4. The van der Waals surface area contributed by atoms with E-state index in [1.165, 1.54) is 6.07 Å². The van der Waals surface area contributed by atoms with Gasteiger partial charge in [0, 0.05) is 43.4 Å². The van der Waals surface area contributed by atoms with Crippen LogP contribution in [0.5, 0.6) is 0 Å². The van der Waals surface area contributed by atoms with E-state index in [1.54, 1.807) is 19.2 Å². The van der Waals surface area contributed by atoms with Crippen LogP contribution >= 0.6 is 11.6 Å². The van der Waals surface area contributed by atoms with Crippen LogP contribution in [0.15, 0.2) is 18.2 Å². The Morgan fingerprint density at radius 2 is 2.22 bits per heavy atom. The van der Waals surface area contributed by atoms with Crippen molar-refractivity contribution >= 4 is 11.6 Å². The summed E-state index contributed by atoms with van der Waals surface area (Å²) in [6.07, 6.45) is 0. The molecule has 0 heterocycles. The highest BCUT2D eigenvalue weighted by atomic mass is 35.5. The first-order valence-electron chi connectivity index (χ1n) is 6.00. The van der Waals surface area contributed by atoms with Crippen molar-refractivity contribution in [3.05, 3.63) is 34.6 Å². The predicted molar refractivity (Wildman–Crippen MR) is 72.5 cm³/mol. The van der Waals surface area contributed by atoms with E-state index < -0.39 is 0 Å². The van der Waals surface area contributed by atoms with Gasteiger partial charge in [0.25, 0.3) is 0 Å². The van der Waals surface area contributed by atoms with Crippen LogP contribution in [0.4, 0.5) is 4.39 Å². The zero-order valence-corrected chi connectivity index (χ0v) is 11.6. The molecule has 0 aromatic heterocycles. The lowest BCUT2D eigenvalue weighted by Gasteiger charge is -2.15. The second-order valence-corrected chi connectivity index (χ2v) is 4.65. The second kappa shape index (κ2) is 8.43. The Morgan fingerprint density at radius 3 is 2.94 bits per heavy atom. The van der Waals surface area contributed by atoms with Crippen LogP contribution in [0.25, 0.3) is 0 Å². The van der Waals surface area contributed by atoms with Gasteiger partial charge >= 0.3 is 0 Å². The van der Waals surface area contributed by atoms with Crippen molar-refractivity contribution in [1.82, 2.24) is 10.6 Å². The van der Waals surface area contributed by atoms with Crippen LogP contribution in [-0.2, 0) is 11.3 Å². The summed E-state index contributed by atoms with van der Waals surface area (Å²) in [6.45, 7) is 4.83. The van der Waals surface area contributed by atoms with Crippen LogP contribution in [0.3, 0.4) is 0 Å². The van der Waals surface area contributed by atoms with Gasteiger partial charge in [0.1, 0.15) is 5.82 Å². The minimum Gasteiger partial charge on any atom is -0.383 e. The van der Waals surface area contributed by atoms with E-state index in [9.17, 15) is 4.39 Å². The molecule has 0 saturated carbocycles. The summed E-state index contributed by atoms with van der Waals surface area (Å²) in [5.74, 6) is -0.230. The van der Waals surface area contributed by atoms with Crippen LogP contribution in [0, 0.1) is 5.82 Å². The highest BCUT2D eigenvalue weighted by molar-refractivity contribution is 6.30. The van der Waals surface area contributed by atoms with E-state index in [2.05, 4.69) is 10.6 Å². The van der Waals surface area contributed by atoms with Gasteiger partial charge in [-0.3, -0.25) is 0 Å². The molecule has 0 aliphatic heterocycles. The van der Waals surface area contributed by atoms with Gasteiger partial charge in [-0.25, -0.2) is 4.39 Å². The lowest BCUT2D eigenvalue weighted by atomic mass is 10.2. The monoisotopic (exact) mass is 274 g/mol. The lowest BCUT2D eigenvalue weighted by Crippen LogP contribution is -2.37. The first-order valence-corrected chi connectivity index (χ1v) is 6.38. The summed E-state index contributed by atoms with van der Waals surface area (Å²) in [6, 6.07) is 4.84. The molecule has 0 saturated heterocycles. The smallest absolute Gasteiger partial charge is 0.127 e. The summed E-state index contributed by atoms with van der Waals surface area (Å²) < 4.78 is 18.4. The van der Waals surface area contributed by atoms with E-state index >= 15 is 0 Å². The molecule has 1 aromatic carbocycles. The van der Waals surface area contributed by atoms with Gasteiger partial charge in [0.2, 0.25) is 0 Å². The zero-order valence-electron chi connectivity index (χ0n) is 10.8. The molecule has 0 aliphatic carbocycles. The van der Waals surface area contributed by atoms with Gasteiger partial charge < -0.3 is 15.4 Å². The van der Waals surface area contributed by atoms with Crippen molar-refractivity contribution in [3.63, 3.8) is 0 Å². The molecule has 0 fully saturated rings. The van der Waals surface area contributed by atoms with Gasteiger partial charge in [-0.2, -0.15) is 0 Å². The normalized spacial score (nSPS) is 12.7. The Labute approximate surface area is 113 Å². The van der Waals surface area contributed by atoms with Crippen LogP contribution in [-0.4, -0.2) is 32.8 Å². The second-order valence-electron chi connectivity index (χ2n) is 4.21. The van der Waals surface area contributed by atoms with Crippen molar-refractivity contribution in [2.45, 2.75) is 19.5 Å². The summed E-state index contributed by atoms with van der Waals surface area (Å²) in [5, 5.41) is 7.04. The number of nitrogens with one attached hydrogen (secondary N) is 2. The van der Waals surface area contributed by atoms with Crippen LogP contribution < -0.4 is 10.6 Å². The number of hydrogen-bond acceptors (Lipinski definition) is 3. The first kappa shape index (κ1) is 15.4. The molecule has 0 amide bonds. The highest BCUT2D eigenvalue weighted by Gasteiger charge is 2.05. The third-order valence-corrected chi connectivity index (χ3v) is 2.82. The Bertz CT molecular complexity index is 363. The van der Waals surface area contributed by atoms with E-state index in [0.29, 0.717) is 23.7 Å². The molecular formula is C13H20ClFN2O. The summed E-state index contributed by atoms with van der Waals surface area (Å²) in [7, 11) is 1.67. The first-order chi connectivity index (χ1) is 8.63. The molecule has 1 unspecified atom stereocenters. The molecule has 5 heteroatoms. The molecular weight excluding hydrogens is 255 g/mol. The van der Waals surface area contributed by atoms with E-state index in [0.717, 1.165) is 13.1 Å². The number of benzene rings is 1. The van der Waals surface area contributed by atoms with Crippen molar-refractivity contribution in [1.29, 1.82) is 0 Å². The predicted octanol–water partition coefficient (Wildman–Crippen LogP) is 2.19. The SMILES string of the molecule is COCCNCC(C)NCc1cc(Cl)ccc1F. The van der Waals surface area contributed by atoms with E-state index in [1.807, 2.05) is 6.92 Å². The van der Waals surface area contributed by atoms with Crippen LogP contribution in [0.1, 0.15) is 12.5 Å². The summed E-state index contributed by atoms with van der Waals surface area (Å²) in [4.78, 5) is 0. The maximum absolute atomic E-state index is 13.4. The molecule has 102 valence electrons. The highest BCUT2D eigenvalue weighted by Crippen LogP contribution is 2.14. The van der Waals surface area contributed by atoms with Gasteiger partial charge in [0.05, 0.1) is 6.61 Å². The molecule has 1 rings (SSSR count). The van der Waals surface area contributed by atoms with Gasteiger partial charge in [-0.1, -0.05) is 11.6 Å². The fraction of sp³-hybridized carbons (Fsp3) is 0.538. The van der Waals surface area contributed by atoms with Crippen molar-refractivity contribution in [2.75, 3.05) is 26.8 Å². The summed E-state index contributed by atoms with van der Waals surface area (Å²) >= 11 is 5.83. The van der Waals surface area contributed by atoms with Gasteiger partial charge in [-0.15, -0.1) is 0 Å². The molecule has 3 nitrogen and oxygen atoms in total. The molecule has 0 aliphatic rings. The number of ether oxygens (including phenoxy) is 1. The number of methoxy groups -OCH3 is 1. The average molecular weight is 275 g/mol. The Hall–Kier alpha value is -0.680. The van der Waals surface area contributed by atoms with E-state index in [4.69, 9.17) is 16.3 Å². The number of rotatable bonds is 8. The molecule has 2 N–H and O–H groups in total. The Morgan fingerprint density at radius 1 is 1.44 bits per heavy atom. The third kappa shape index (κ3) is 5.78. The zero-order chi connectivity index (χ0) is 13.4. The minimum absolute atomic E-state index is 0.230. The Balaban J connectivity index is 2.29. The summed E-state index contributed by atoms with van der Waals surface area (Å²) in [5.41, 5.74) is 0.589. The van der Waals surface area contributed by atoms with E-state index in [-0.39, 0.29) is 11.9 Å². The number of hydrogen-bond donors (Lipinski definition) is 2. The van der Waals surface area contributed by atoms with Crippen molar-refractivity contribution in [2.24, 2.45) is 0 Å². The molecule has 0 spiro atoms. The molecule has 0 bridgehead atoms.